The number of nitro groups is 1. The number of nitrogens with one attached hydrogen (secondary N) is 1. The lowest BCUT2D eigenvalue weighted by Gasteiger charge is -2.04. The summed E-state index contributed by atoms with van der Waals surface area (Å²) >= 11 is 11.2. The molecule has 0 aromatic heterocycles. The Morgan fingerprint density at radius 2 is 2.12 bits per heavy atom. The van der Waals surface area contributed by atoms with Crippen LogP contribution >= 0.6 is 23.2 Å². The average Bonchev–Trinajstić information content (AvgIpc) is 2.24. The molecule has 0 aliphatic carbocycles. The molecule has 5 nitrogen and oxygen atoms in total. The molecule has 1 aromatic rings. The maximum Gasteiger partial charge on any atom is 0.271 e. The van der Waals surface area contributed by atoms with Gasteiger partial charge in [-0.3, -0.25) is 14.9 Å². The molecule has 1 aromatic carbocycles. The molecule has 0 fully saturated rings. The second kappa shape index (κ2) is 5.65. The van der Waals surface area contributed by atoms with Gasteiger partial charge in [-0.05, 0) is 6.07 Å². The first-order valence-corrected chi connectivity index (χ1v) is 5.22. The van der Waals surface area contributed by atoms with Crippen molar-refractivity contribution in [3.8, 4) is 0 Å². The first-order valence-electron chi connectivity index (χ1n) is 4.46. The second-order valence-corrected chi connectivity index (χ2v) is 4.13. The van der Waals surface area contributed by atoms with Gasteiger partial charge in [0, 0.05) is 27.8 Å². The van der Waals surface area contributed by atoms with Crippen molar-refractivity contribution in [1.82, 2.24) is 5.32 Å². The highest BCUT2D eigenvalue weighted by Crippen LogP contribution is 2.20. The van der Waals surface area contributed by atoms with Gasteiger partial charge in [-0.15, -0.1) is 0 Å². The average molecular weight is 275 g/mol. The molecule has 1 rings (SSSR count). The van der Waals surface area contributed by atoms with Crippen LogP contribution in [-0.2, 0) is 0 Å². The lowest BCUT2D eigenvalue weighted by atomic mass is 10.2. The molecule has 0 saturated heterocycles. The molecule has 0 bridgehead atoms. The number of hydrogen-bond donors (Lipinski definition) is 1. The highest BCUT2D eigenvalue weighted by atomic mass is 35.5. The summed E-state index contributed by atoms with van der Waals surface area (Å²) in [7, 11) is 0. The van der Waals surface area contributed by atoms with E-state index < -0.39 is 10.8 Å². The molecule has 7 heteroatoms. The van der Waals surface area contributed by atoms with Gasteiger partial charge in [-0.1, -0.05) is 29.8 Å². The minimum Gasteiger partial charge on any atom is -0.347 e. The number of non-ortho nitro benzene ring substituents is 1. The quantitative estimate of drug-likeness (QED) is 0.678. The van der Waals surface area contributed by atoms with Gasteiger partial charge in [-0.2, -0.15) is 0 Å². The van der Waals surface area contributed by atoms with Crippen molar-refractivity contribution in [2.45, 2.75) is 0 Å². The van der Waals surface area contributed by atoms with Crippen LogP contribution in [0.15, 0.2) is 29.8 Å². The fourth-order valence-electron chi connectivity index (χ4n) is 1.09. The molecule has 0 saturated carbocycles. The number of amides is 1. The zero-order valence-corrected chi connectivity index (χ0v) is 10.1. The Labute approximate surface area is 107 Å². The van der Waals surface area contributed by atoms with Crippen LogP contribution in [0.1, 0.15) is 10.4 Å². The van der Waals surface area contributed by atoms with Gasteiger partial charge in [0.1, 0.15) is 0 Å². The molecule has 0 unspecified atom stereocenters. The Morgan fingerprint density at radius 1 is 1.47 bits per heavy atom. The van der Waals surface area contributed by atoms with Crippen molar-refractivity contribution >= 4 is 34.8 Å². The van der Waals surface area contributed by atoms with Crippen LogP contribution in [0.3, 0.4) is 0 Å². The Kier molecular flexibility index (Phi) is 4.48. The minimum absolute atomic E-state index is 0.0840. The molecule has 0 spiro atoms. The molecule has 0 radical (unpaired) electrons. The van der Waals surface area contributed by atoms with Crippen molar-refractivity contribution in [2.75, 3.05) is 6.54 Å². The Morgan fingerprint density at radius 3 is 2.65 bits per heavy atom. The van der Waals surface area contributed by atoms with Crippen LogP contribution in [0, 0.1) is 10.1 Å². The van der Waals surface area contributed by atoms with Crippen molar-refractivity contribution < 1.29 is 9.72 Å². The largest absolute Gasteiger partial charge is 0.347 e. The standard InChI is InChI=1S/C10H8Cl2N2O3/c1-6(11)5-13-10(15)7-2-8(12)4-9(3-7)14(16)17/h2-4H,1,5H2,(H,13,15). The molecule has 17 heavy (non-hydrogen) atoms. The summed E-state index contributed by atoms with van der Waals surface area (Å²) in [5.41, 5.74) is -0.144. The molecule has 1 N–H and O–H groups in total. The summed E-state index contributed by atoms with van der Waals surface area (Å²) in [5.74, 6) is -0.502. The van der Waals surface area contributed by atoms with Crippen LogP contribution < -0.4 is 5.32 Å². The van der Waals surface area contributed by atoms with Gasteiger partial charge in [0.25, 0.3) is 11.6 Å². The molecule has 0 heterocycles. The van der Waals surface area contributed by atoms with Crippen LogP contribution in [0.4, 0.5) is 5.69 Å². The number of nitrogens with zero attached hydrogens (tertiary/aromatic N) is 1. The highest BCUT2D eigenvalue weighted by Gasteiger charge is 2.13. The van der Waals surface area contributed by atoms with E-state index in [-0.39, 0.29) is 27.9 Å². The number of benzene rings is 1. The third kappa shape index (κ3) is 4.05. The van der Waals surface area contributed by atoms with E-state index in [1.54, 1.807) is 0 Å². The van der Waals surface area contributed by atoms with Crippen molar-refractivity contribution in [1.29, 1.82) is 0 Å². The maximum absolute atomic E-state index is 11.6. The predicted octanol–water partition coefficient (Wildman–Crippen LogP) is 2.73. The zero-order valence-electron chi connectivity index (χ0n) is 8.57. The normalized spacial score (nSPS) is 9.76. The van der Waals surface area contributed by atoms with E-state index in [1.165, 1.54) is 12.1 Å². The number of halogens is 2. The van der Waals surface area contributed by atoms with Crippen molar-refractivity contribution in [2.24, 2.45) is 0 Å². The van der Waals surface area contributed by atoms with E-state index in [4.69, 9.17) is 23.2 Å². The summed E-state index contributed by atoms with van der Waals surface area (Å²) in [6.07, 6.45) is 0. The van der Waals surface area contributed by atoms with E-state index in [1.807, 2.05) is 0 Å². The van der Waals surface area contributed by atoms with Gasteiger partial charge >= 0.3 is 0 Å². The number of rotatable bonds is 4. The third-order valence-corrected chi connectivity index (χ3v) is 2.15. The Balaban J connectivity index is 2.93. The number of carbonyl (C=O) groups is 1. The predicted molar refractivity (Wildman–Crippen MR) is 65.4 cm³/mol. The molecular weight excluding hydrogens is 267 g/mol. The fraction of sp³-hybridized carbons (Fsp3) is 0.100. The first kappa shape index (κ1) is 13.5. The molecule has 90 valence electrons. The van der Waals surface area contributed by atoms with Gasteiger partial charge in [0.2, 0.25) is 0 Å². The van der Waals surface area contributed by atoms with E-state index in [0.29, 0.717) is 0 Å². The number of carbonyl (C=O) groups excluding carboxylic acids is 1. The lowest BCUT2D eigenvalue weighted by molar-refractivity contribution is -0.384. The topological polar surface area (TPSA) is 72.2 Å². The van der Waals surface area contributed by atoms with E-state index in [0.717, 1.165) is 6.07 Å². The summed E-state index contributed by atoms with van der Waals surface area (Å²) in [6, 6.07) is 3.64. The molecule has 1 amide bonds. The van der Waals surface area contributed by atoms with E-state index >= 15 is 0 Å². The van der Waals surface area contributed by atoms with Crippen LogP contribution in [0.5, 0.6) is 0 Å². The summed E-state index contributed by atoms with van der Waals surface area (Å²) < 4.78 is 0. The SMILES string of the molecule is C=C(Cl)CNC(=O)c1cc(Cl)cc([N+](=O)[O-])c1. The van der Waals surface area contributed by atoms with E-state index in [2.05, 4.69) is 11.9 Å². The first-order chi connectivity index (χ1) is 7.90. The van der Waals surface area contributed by atoms with Crippen LogP contribution in [0.2, 0.25) is 5.02 Å². The van der Waals surface area contributed by atoms with E-state index in [9.17, 15) is 14.9 Å². The van der Waals surface area contributed by atoms with Crippen molar-refractivity contribution in [3.05, 3.63) is 50.5 Å². The van der Waals surface area contributed by atoms with Gasteiger partial charge in [0.05, 0.1) is 11.5 Å². The Hall–Kier alpha value is -1.59. The smallest absolute Gasteiger partial charge is 0.271 e. The highest BCUT2D eigenvalue weighted by molar-refractivity contribution is 6.31. The number of nitro benzene ring substituents is 1. The maximum atomic E-state index is 11.6. The number of hydrogen-bond acceptors (Lipinski definition) is 3. The lowest BCUT2D eigenvalue weighted by Crippen LogP contribution is -2.24. The van der Waals surface area contributed by atoms with Gasteiger partial charge in [0.15, 0.2) is 0 Å². The third-order valence-electron chi connectivity index (χ3n) is 1.80. The monoisotopic (exact) mass is 274 g/mol. The summed E-state index contributed by atoms with van der Waals surface area (Å²) in [4.78, 5) is 21.5. The molecule has 0 aliphatic rings. The minimum atomic E-state index is -0.622. The Bertz CT molecular complexity index is 488. The molecule has 0 aliphatic heterocycles. The summed E-state index contributed by atoms with van der Waals surface area (Å²) in [6.45, 7) is 3.48. The zero-order chi connectivity index (χ0) is 13.0. The van der Waals surface area contributed by atoms with Gasteiger partial charge < -0.3 is 5.32 Å². The summed E-state index contributed by atoms with van der Waals surface area (Å²) in [5, 5.41) is 13.4. The molecular formula is C10H8Cl2N2O3. The van der Waals surface area contributed by atoms with Crippen LogP contribution in [0.25, 0.3) is 0 Å². The molecule has 0 atom stereocenters. The van der Waals surface area contributed by atoms with Crippen LogP contribution in [-0.4, -0.2) is 17.4 Å². The van der Waals surface area contributed by atoms with Gasteiger partial charge in [-0.25, -0.2) is 0 Å². The van der Waals surface area contributed by atoms with Crippen molar-refractivity contribution in [3.63, 3.8) is 0 Å². The fourth-order valence-corrected chi connectivity index (χ4v) is 1.39. The second-order valence-electron chi connectivity index (χ2n) is 3.16.